The normalized spacial score (nSPS) is 11.3. The molecule has 0 spiro atoms. The second-order valence-corrected chi connectivity index (χ2v) is 12.2. The largest absolute Gasteiger partial charge is 0.456 e. The summed E-state index contributed by atoms with van der Waals surface area (Å²) < 4.78 is 6.24. The van der Waals surface area contributed by atoms with Gasteiger partial charge in [-0.05, 0) is 98.8 Å². The van der Waals surface area contributed by atoms with Gasteiger partial charge in [0.2, 0.25) is 0 Å². The number of benzene rings is 8. The zero-order chi connectivity index (χ0) is 31.9. The van der Waals surface area contributed by atoms with E-state index in [2.05, 4.69) is 181 Å². The van der Waals surface area contributed by atoms with E-state index in [0.29, 0.717) is 0 Å². The Hall–Kier alpha value is -6.38. The summed E-state index contributed by atoms with van der Waals surface area (Å²) in [7, 11) is 0. The number of rotatable bonds is 6. The molecule has 9 rings (SSSR count). The molecule has 0 saturated carbocycles. The highest BCUT2D eigenvalue weighted by atomic mass is 16.3. The van der Waals surface area contributed by atoms with Crippen LogP contribution in [-0.4, -0.2) is 0 Å². The molecule has 0 aliphatic heterocycles. The molecule has 0 N–H and O–H groups in total. The van der Waals surface area contributed by atoms with Gasteiger partial charge in [0.15, 0.2) is 0 Å². The monoisotopic (exact) mass is 613 g/mol. The molecule has 0 unspecified atom stereocenters. The van der Waals surface area contributed by atoms with E-state index < -0.39 is 0 Å². The van der Waals surface area contributed by atoms with Crippen LogP contribution in [0.15, 0.2) is 192 Å². The summed E-state index contributed by atoms with van der Waals surface area (Å²) in [5, 5.41) is 4.79. The van der Waals surface area contributed by atoms with Crippen LogP contribution in [0.4, 0.5) is 17.1 Å². The Bertz CT molecular complexity index is 2540. The molecule has 1 heterocycles. The molecule has 8 aromatic carbocycles. The van der Waals surface area contributed by atoms with E-state index in [1.54, 1.807) is 0 Å². The van der Waals surface area contributed by atoms with Crippen molar-refractivity contribution in [3.05, 3.63) is 188 Å². The SMILES string of the molecule is c1ccc(-c2ccc(N(c3ccc(-c4cccc5ccccc45)cc3)c3cccc(-c4ccc5c(c4)oc4ccccc45)c3)cc2)cc1. The fourth-order valence-corrected chi connectivity index (χ4v) is 6.88. The molecule has 48 heavy (non-hydrogen) atoms. The maximum absolute atomic E-state index is 6.24. The summed E-state index contributed by atoms with van der Waals surface area (Å²) in [5.41, 5.74) is 12.2. The fourth-order valence-electron chi connectivity index (χ4n) is 6.88. The van der Waals surface area contributed by atoms with Crippen LogP contribution >= 0.6 is 0 Å². The van der Waals surface area contributed by atoms with Crippen LogP contribution in [0, 0.1) is 0 Å². The van der Waals surface area contributed by atoms with Gasteiger partial charge in [-0.15, -0.1) is 0 Å². The van der Waals surface area contributed by atoms with E-state index in [4.69, 9.17) is 4.42 Å². The second kappa shape index (κ2) is 11.8. The third-order valence-electron chi connectivity index (χ3n) is 9.28. The number of anilines is 3. The van der Waals surface area contributed by atoms with Crippen LogP contribution in [0.25, 0.3) is 66.1 Å². The van der Waals surface area contributed by atoms with Gasteiger partial charge in [0, 0.05) is 27.8 Å². The first-order valence-corrected chi connectivity index (χ1v) is 16.3. The molecule has 0 saturated heterocycles. The van der Waals surface area contributed by atoms with Gasteiger partial charge >= 0.3 is 0 Å². The molecule has 9 aromatic rings. The maximum atomic E-state index is 6.24. The third-order valence-corrected chi connectivity index (χ3v) is 9.28. The smallest absolute Gasteiger partial charge is 0.136 e. The Balaban J connectivity index is 1.14. The number of fused-ring (bicyclic) bond motifs is 4. The summed E-state index contributed by atoms with van der Waals surface area (Å²) in [5.74, 6) is 0. The van der Waals surface area contributed by atoms with Crippen molar-refractivity contribution in [2.45, 2.75) is 0 Å². The van der Waals surface area contributed by atoms with Gasteiger partial charge in [0.1, 0.15) is 11.2 Å². The Labute approximate surface area is 279 Å². The lowest BCUT2D eigenvalue weighted by Crippen LogP contribution is -2.10. The average Bonchev–Trinajstić information content (AvgIpc) is 3.54. The van der Waals surface area contributed by atoms with Gasteiger partial charge in [0.25, 0.3) is 0 Å². The average molecular weight is 614 g/mol. The number of hydrogen-bond acceptors (Lipinski definition) is 2. The van der Waals surface area contributed by atoms with Gasteiger partial charge in [-0.25, -0.2) is 0 Å². The van der Waals surface area contributed by atoms with Gasteiger partial charge in [-0.2, -0.15) is 0 Å². The van der Waals surface area contributed by atoms with Crippen molar-refractivity contribution in [3.63, 3.8) is 0 Å². The second-order valence-electron chi connectivity index (χ2n) is 12.2. The van der Waals surface area contributed by atoms with Crippen LogP contribution in [-0.2, 0) is 0 Å². The van der Waals surface area contributed by atoms with Crippen molar-refractivity contribution in [2.75, 3.05) is 4.90 Å². The molecule has 0 fully saturated rings. The zero-order valence-corrected chi connectivity index (χ0v) is 26.3. The Morgan fingerprint density at radius 1 is 0.312 bits per heavy atom. The van der Waals surface area contributed by atoms with Crippen molar-refractivity contribution < 1.29 is 4.42 Å². The van der Waals surface area contributed by atoms with Crippen molar-refractivity contribution in [1.29, 1.82) is 0 Å². The van der Waals surface area contributed by atoms with Crippen LogP contribution in [0.1, 0.15) is 0 Å². The number of furan rings is 1. The number of nitrogens with zero attached hydrogens (tertiary/aromatic N) is 1. The molecule has 0 radical (unpaired) electrons. The van der Waals surface area contributed by atoms with E-state index in [0.717, 1.165) is 50.1 Å². The van der Waals surface area contributed by atoms with Crippen molar-refractivity contribution in [1.82, 2.24) is 0 Å². The van der Waals surface area contributed by atoms with Gasteiger partial charge in [-0.3, -0.25) is 0 Å². The summed E-state index contributed by atoms with van der Waals surface area (Å²) >= 11 is 0. The molecule has 226 valence electrons. The first-order valence-electron chi connectivity index (χ1n) is 16.3. The molecule has 0 bridgehead atoms. The first-order chi connectivity index (χ1) is 23.8. The molecule has 0 amide bonds. The number of hydrogen-bond donors (Lipinski definition) is 0. The zero-order valence-electron chi connectivity index (χ0n) is 26.3. The highest BCUT2D eigenvalue weighted by molar-refractivity contribution is 6.06. The predicted octanol–water partition coefficient (Wildman–Crippen LogP) is 13.2. The molecule has 0 atom stereocenters. The molecule has 2 nitrogen and oxygen atoms in total. The minimum absolute atomic E-state index is 0.900. The topological polar surface area (TPSA) is 16.4 Å². The van der Waals surface area contributed by atoms with Crippen LogP contribution < -0.4 is 4.90 Å². The lowest BCUT2D eigenvalue weighted by atomic mass is 9.98. The van der Waals surface area contributed by atoms with Crippen molar-refractivity contribution in [3.8, 4) is 33.4 Å². The third kappa shape index (κ3) is 5.01. The highest BCUT2D eigenvalue weighted by Crippen LogP contribution is 2.40. The molecule has 2 heteroatoms. The summed E-state index contributed by atoms with van der Waals surface area (Å²) in [4.78, 5) is 2.34. The lowest BCUT2D eigenvalue weighted by molar-refractivity contribution is 0.669. The maximum Gasteiger partial charge on any atom is 0.136 e. The molecule has 0 aliphatic carbocycles. The van der Waals surface area contributed by atoms with Gasteiger partial charge < -0.3 is 9.32 Å². The minimum Gasteiger partial charge on any atom is -0.456 e. The van der Waals surface area contributed by atoms with Crippen LogP contribution in [0.2, 0.25) is 0 Å². The van der Waals surface area contributed by atoms with Crippen LogP contribution in [0.3, 0.4) is 0 Å². The van der Waals surface area contributed by atoms with E-state index >= 15 is 0 Å². The van der Waals surface area contributed by atoms with Crippen molar-refractivity contribution in [2.24, 2.45) is 0 Å². The molecule has 0 aliphatic rings. The highest BCUT2D eigenvalue weighted by Gasteiger charge is 2.16. The quantitative estimate of drug-likeness (QED) is 0.185. The Kier molecular flexibility index (Phi) is 6.84. The molecule has 1 aromatic heterocycles. The summed E-state index contributed by atoms with van der Waals surface area (Å²) in [6.07, 6.45) is 0. The van der Waals surface area contributed by atoms with Gasteiger partial charge in [-0.1, -0.05) is 133 Å². The summed E-state index contributed by atoms with van der Waals surface area (Å²) in [6, 6.07) is 67.0. The van der Waals surface area contributed by atoms with E-state index in [1.165, 1.54) is 33.0 Å². The first kappa shape index (κ1) is 27.9. The molecular formula is C46H31NO. The van der Waals surface area contributed by atoms with E-state index in [9.17, 15) is 0 Å². The Morgan fingerprint density at radius 2 is 0.875 bits per heavy atom. The number of para-hydroxylation sites is 1. The Morgan fingerprint density at radius 3 is 1.69 bits per heavy atom. The van der Waals surface area contributed by atoms with Gasteiger partial charge in [0.05, 0.1) is 0 Å². The van der Waals surface area contributed by atoms with Crippen LogP contribution in [0.5, 0.6) is 0 Å². The van der Waals surface area contributed by atoms with E-state index in [1.807, 2.05) is 12.1 Å². The van der Waals surface area contributed by atoms with E-state index in [-0.39, 0.29) is 0 Å². The lowest BCUT2D eigenvalue weighted by Gasteiger charge is -2.26. The minimum atomic E-state index is 0.900. The summed E-state index contributed by atoms with van der Waals surface area (Å²) in [6.45, 7) is 0. The predicted molar refractivity (Wildman–Crippen MR) is 202 cm³/mol. The van der Waals surface area contributed by atoms with Crippen molar-refractivity contribution >= 4 is 49.8 Å². The fraction of sp³-hybridized carbons (Fsp3) is 0. The standard InChI is InChI=1S/C46H31NO/c1-2-10-32(11-3-1)33-20-25-38(26-21-33)47(39-27-22-35(23-28-39)42-18-9-13-34-12-4-5-16-41(34)42)40-15-8-14-36(30-40)37-24-29-44-43-17-6-7-19-45(43)48-46(44)31-37/h1-31H. The molecular weight excluding hydrogens is 583 g/mol.